The van der Waals surface area contributed by atoms with Crippen LogP contribution in [0.25, 0.3) is 0 Å². The van der Waals surface area contributed by atoms with Gasteiger partial charge in [-0.2, -0.15) is 0 Å². The fourth-order valence-electron chi connectivity index (χ4n) is 3.86. The van der Waals surface area contributed by atoms with Crippen molar-refractivity contribution in [3.05, 3.63) is 35.9 Å². The Bertz CT molecular complexity index is 414. The van der Waals surface area contributed by atoms with Gasteiger partial charge in [0.2, 0.25) is 0 Å². The lowest BCUT2D eigenvalue weighted by Gasteiger charge is -2.43. The van der Waals surface area contributed by atoms with Crippen LogP contribution in [0.1, 0.15) is 24.8 Å². The summed E-state index contributed by atoms with van der Waals surface area (Å²) in [4.78, 5) is 2.65. The molecule has 21 heavy (non-hydrogen) atoms. The van der Waals surface area contributed by atoms with Gasteiger partial charge in [-0.1, -0.05) is 30.3 Å². The van der Waals surface area contributed by atoms with E-state index in [1.807, 2.05) is 0 Å². The number of ether oxygens (including phenoxy) is 1. The van der Waals surface area contributed by atoms with Crippen LogP contribution in [0.2, 0.25) is 0 Å². The summed E-state index contributed by atoms with van der Waals surface area (Å²) < 4.78 is 5.71. The van der Waals surface area contributed by atoms with E-state index in [1.165, 1.54) is 37.9 Å². The largest absolute Gasteiger partial charge is 0.380 e. The van der Waals surface area contributed by atoms with Crippen LogP contribution in [-0.2, 0) is 11.2 Å². The number of nitrogens with one attached hydrogen (secondary N) is 1. The van der Waals surface area contributed by atoms with E-state index in [0.717, 1.165) is 25.6 Å². The van der Waals surface area contributed by atoms with Gasteiger partial charge in [0.25, 0.3) is 0 Å². The third-order valence-corrected chi connectivity index (χ3v) is 5.18. The molecule has 1 aromatic rings. The Morgan fingerprint density at radius 3 is 2.62 bits per heavy atom. The van der Waals surface area contributed by atoms with Crippen molar-refractivity contribution in [3.8, 4) is 0 Å². The zero-order valence-electron chi connectivity index (χ0n) is 13.1. The summed E-state index contributed by atoms with van der Waals surface area (Å²) in [6.45, 7) is 4.26. The number of likely N-dealkylation sites (tertiary alicyclic amines) is 1. The predicted molar refractivity (Wildman–Crippen MR) is 86.5 cm³/mol. The lowest BCUT2D eigenvalue weighted by molar-refractivity contribution is -0.0131. The molecule has 116 valence electrons. The van der Waals surface area contributed by atoms with E-state index < -0.39 is 0 Å². The minimum Gasteiger partial charge on any atom is -0.380 e. The Morgan fingerprint density at radius 2 is 1.90 bits per heavy atom. The molecule has 2 unspecified atom stereocenters. The van der Waals surface area contributed by atoms with E-state index in [2.05, 4.69) is 47.6 Å². The first-order chi connectivity index (χ1) is 10.4. The van der Waals surface area contributed by atoms with Gasteiger partial charge in [-0.25, -0.2) is 0 Å². The van der Waals surface area contributed by atoms with E-state index >= 15 is 0 Å². The number of rotatable bonds is 4. The summed E-state index contributed by atoms with van der Waals surface area (Å²) >= 11 is 0. The highest BCUT2D eigenvalue weighted by Crippen LogP contribution is 2.25. The maximum atomic E-state index is 5.71. The second-order valence-electron chi connectivity index (χ2n) is 6.50. The lowest BCUT2D eigenvalue weighted by Crippen LogP contribution is -2.56. The number of likely N-dealkylation sites (N-methyl/N-ethyl adjacent to an activating group) is 1. The Labute approximate surface area is 128 Å². The molecule has 2 saturated heterocycles. The molecular formula is C18H28N2O. The second-order valence-corrected chi connectivity index (χ2v) is 6.50. The first-order valence-electron chi connectivity index (χ1n) is 8.40. The van der Waals surface area contributed by atoms with Gasteiger partial charge < -0.3 is 10.1 Å². The van der Waals surface area contributed by atoms with E-state index in [4.69, 9.17) is 4.74 Å². The lowest BCUT2D eigenvalue weighted by atomic mass is 9.88. The average Bonchev–Trinajstić information content (AvgIpc) is 2.56. The van der Waals surface area contributed by atoms with Gasteiger partial charge in [-0.15, -0.1) is 0 Å². The normalized spacial score (nSPS) is 28.6. The van der Waals surface area contributed by atoms with Crippen LogP contribution in [0, 0.1) is 5.92 Å². The summed E-state index contributed by atoms with van der Waals surface area (Å²) in [6, 6.07) is 12.1. The molecule has 0 spiro atoms. The minimum atomic E-state index is 0.571. The van der Waals surface area contributed by atoms with Crippen molar-refractivity contribution in [2.45, 2.75) is 37.8 Å². The summed E-state index contributed by atoms with van der Waals surface area (Å²) in [5, 5.41) is 3.48. The fraction of sp³-hybridized carbons (Fsp3) is 0.667. The van der Waals surface area contributed by atoms with Crippen LogP contribution >= 0.6 is 0 Å². The van der Waals surface area contributed by atoms with Gasteiger partial charge in [-0.05, 0) is 57.3 Å². The minimum absolute atomic E-state index is 0.571. The van der Waals surface area contributed by atoms with Gasteiger partial charge >= 0.3 is 0 Å². The van der Waals surface area contributed by atoms with Crippen LogP contribution in [0.15, 0.2) is 30.3 Å². The van der Waals surface area contributed by atoms with Gasteiger partial charge in [0, 0.05) is 18.7 Å². The highest BCUT2D eigenvalue weighted by molar-refractivity contribution is 5.15. The smallest absolute Gasteiger partial charge is 0.0637 e. The highest BCUT2D eigenvalue weighted by atomic mass is 16.5. The van der Waals surface area contributed by atoms with Crippen LogP contribution in [0.4, 0.5) is 0 Å². The third-order valence-electron chi connectivity index (χ3n) is 5.18. The zero-order valence-corrected chi connectivity index (χ0v) is 13.1. The second kappa shape index (κ2) is 7.39. The van der Waals surface area contributed by atoms with Crippen molar-refractivity contribution in [2.24, 2.45) is 5.92 Å². The van der Waals surface area contributed by atoms with Crippen LogP contribution < -0.4 is 5.32 Å². The molecule has 1 aromatic carbocycles. The van der Waals surface area contributed by atoms with Crippen molar-refractivity contribution in [1.29, 1.82) is 0 Å². The van der Waals surface area contributed by atoms with Crippen LogP contribution in [0.3, 0.4) is 0 Å². The number of piperidine rings is 1. The summed E-state index contributed by atoms with van der Waals surface area (Å²) in [7, 11) is 2.09. The summed E-state index contributed by atoms with van der Waals surface area (Å²) in [5.74, 6) is 0.848. The maximum Gasteiger partial charge on any atom is 0.0637 e. The third kappa shape index (κ3) is 3.85. The standard InChI is InChI=1S/C18H28N2O/c1-19-17-9-12-21-14-18(17)20-10-7-16(8-11-20)13-15-5-3-2-4-6-15/h2-6,16-19H,7-14H2,1H3. The quantitative estimate of drug-likeness (QED) is 0.920. The molecule has 3 rings (SSSR count). The number of hydrogen-bond acceptors (Lipinski definition) is 3. The first kappa shape index (κ1) is 15.0. The molecule has 2 aliphatic rings. The van der Waals surface area contributed by atoms with E-state index in [1.54, 1.807) is 0 Å². The Kier molecular flexibility index (Phi) is 5.28. The highest BCUT2D eigenvalue weighted by Gasteiger charge is 2.32. The van der Waals surface area contributed by atoms with Gasteiger partial charge in [0.15, 0.2) is 0 Å². The van der Waals surface area contributed by atoms with Crippen molar-refractivity contribution in [2.75, 3.05) is 33.4 Å². The fourth-order valence-corrected chi connectivity index (χ4v) is 3.86. The Balaban J connectivity index is 1.50. The van der Waals surface area contributed by atoms with Gasteiger partial charge in [-0.3, -0.25) is 4.90 Å². The molecule has 0 bridgehead atoms. The Hall–Kier alpha value is -0.900. The van der Waals surface area contributed by atoms with Gasteiger partial charge in [0.1, 0.15) is 0 Å². The Morgan fingerprint density at radius 1 is 1.14 bits per heavy atom. The van der Waals surface area contributed by atoms with E-state index in [0.29, 0.717) is 12.1 Å². The SMILES string of the molecule is CNC1CCOCC1N1CCC(Cc2ccccc2)CC1. The molecule has 0 amide bonds. The number of nitrogens with zero attached hydrogens (tertiary/aromatic N) is 1. The van der Waals surface area contributed by atoms with Crippen molar-refractivity contribution in [1.82, 2.24) is 10.2 Å². The summed E-state index contributed by atoms with van der Waals surface area (Å²) in [5.41, 5.74) is 1.49. The molecular weight excluding hydrogens is 260 g/mol. The maximum absolute atomic E-state index is 5.71. The topological polar surface area (TPSA) is 24.5 Å². The zero-order chi connectivity index (χ0) is 14.5. The van der Waals surface area contributed by atoms with Crippen molar-refractivity contribution < 1.29 is 4.74 Å². The van der Waals surface area contributed by atoms with Crippen LogP contribution in [-0.4, -0.2) is 50.3 Å². The van der Waals surface area contributed by atoms with Crippen molar-refractivity contribution in [3.63, 3.8) is 0 Å². The molecule has 2 fully saturated rings. The van der Waals surface area contributed by atoms with E-state index in [-0.39, 0.29) is 0 Å². The molecule has 0 saturated carbocycles. The molecule has 3 heteroatoms. The average molecular weight is 288 g/mol. The van der Waals surface area contributed by atoms with Crippen LogP contribution in [0.5, 0.6) is 0 Å². The molecule has 0 aliphatic carbocycles. The molecule has 3 nitrogen and oxygen atoms in total. The van der Waals surface area contributed by atoms with E-state index in [9.17, 15) is 0 Å². The molecule has 0 radical (unpaired) electrons. The van der Waals surface area contributed by atoms with Crippen molar-refractivity contribution >= 4 is 0 Å². The van der Waals surface area contributed by atoms with Gasteiger partial charge in [0.05, 0.1) is 6.61 Å². The predicted octanol–water partition coefficient (Wildman–Crippen LogP) is 2.32. The monoisotopic (exact) mass is 288 g/mol. The molecule has 2 heterocycles. The number of hydrogen-bond donors (Lipinski definition) is 1. The number of benzene rings is 1. The first-order valence-corrected chi connectivity index (χ1v) is 8.40. The molecule has 2 aliphatic heterocycles. The summed E-state index contributed by atoms with van der Waals surface area (Å²) in [6.07, 6.45) is 5.03. The molecule has 2 atom stereocenters. The molecule has 1 N–H and O–H groups in total. The molecule has 0 aromatic heterocycles.